The van der Waals surface area contributed by atoms with Crippen LogP contribution >= 0.6 is 63.1 Å². The number of halogens is 5. The molecule has 1 saturated heterocycles. The number of nitrogens with zero attached hydrogens (tertiary/aromatic N) is 2. The zero-order valence-electron chi connectivity index (χ0n) is 30.4. The summed E-state index contributed by atoms with van der Waals surface area (Å²) < 4.78 is 27.8. The highest BCUT2D eigenvalue weighted by molar-refractivity contribution is 9.10. The first-order chi connectivity index (χ1) is 25.3. The molecule has 15 heteroatoms. The average molecular weight is 889 g/mol. The number of rotatable bonds is 13. The second-order valence-corrected chi connectivity index (χ2v) is 17.0. The van der Waals surface area contributed by atoms with Gasteiger partial charge in [-0.05, 0) is 98.3 Å². The molecule has 1 saturated carbocycles. The van der Waals surface area contributed by atoms with E-state index in [0.29, 0.717) is 62.1 Å². The van der Waals surface area contributed by atoms with E-state index in [1.54, 1.807) is 39.0 Å². The summed E-state index contributed by atoms with van der Waals surface area (Å²) >= 11 is 22.1. The Bertz CT molecular complexity index is 1800. The zero-order chi connectivity index (χ0) is 37.9. The van der Waals surface area contributed by atoms with Crippen LogP contribution < -0.4 is 24.3 Å². The fourth-order valence-corrected chi connectivity index (χ4v) is 6.99. The van der Waals surface area contributed by atoms with E-state index in [0.717, 1.165) is 39.8 Å². The molecule has 1 aliphatic carbocycles. The van der Waals surface area contributed by atoms with Crippen LogP contribution in [0, 0.1) is 0 Å². The Kier molecular flexibility index (Phi) is 13.9. The van der Waals surface area contributed by atoms with Crippen LogP contribution in [0.25, 0.3) is 5.57 Å². The summed E-state index contributed by atoms with van der Waals surface area (Å²) in [6, 6.07) is 20.0. The Morgan fingerprint density at radius 3 is 1.98 bits per heavy atom. The van der Waals surface area contributed by atoms with Crippen molar-refractivity contribution in [3.63, 3.8) is 0 Å². The monoisotopic (exact) mass is 885 g/mol. The van der Waals surface area contributed by atoms with E-state index in [2.05, 4.69) is 21.2 Å². The molecule has 0 radical (unpaired) electrons. The number of amides is 2. The van der Waals surface area contributed by atoms with Crippen molar-refractivity contribution in [2.24, 2.45) is 0 Å². The van der Waals surface area contributed by atoms with E-state index in [9.17, 15) is 4.79 Å². The number of methoxy groups -OCH3 is 2. The molecule has 2 aliphatic heterocycles. The molecule has 292 valence electrons. The van der Waals surface area contributed by atoms with Crippen LogP contribution in [0.2, 0.25) is 0 Å². The van der Waals surface area contributed by atoms with Gasteiger partial charge in [-0.25, -0.2) is 4.79 Å². The summed E-state index contributed by atoms with van der Waals surface area (Å²) in [7, 11) is 3.19. The van der Waals surface area contributed by atoms with Crippen LogP contribution in [0.5, 0.6) is 23.0 Å². The molecule has 3 aromatic rings. The van der Waals surface area contributed by atoms with Crippen molar-refractivity contribution >= 4 is 80.7 Å². The lowest BCUT2D eigenvalue weighted by atomic mass is 9.82. The van der Waals surface area contributed by atoms with Gasteiger partial charge >= 0.3 is 6.09 Å². The molecule has 3 aliphatic rings. The van der Waals surface area contributed by atoms with Crippen molar-refractivity contribution in [3.8, 4) is 23.0 Å². The second kappa shape index (κ2) is 17.8. The Morgan fingerprint density at radius 2 is 1.44 bits per heavy atom. The van der Waals surface area contributed by atoms with Gasteiger partial charge in [-0.15, -0.1) is 12.4 Å². The van der Waals surface area contributed by atoms with Gasteiger partial charge in [-0.3, -0.25) is 9.69 Å². The number of hydrogen-bond donors (Lipinski definition) is 1. The van der Waals surface area contributed by atoms with Gasteiger partial charge in [0.25, 0.3) is 5.91 Å². The first-order valence-electron chi connectivity index (χ1n) is 17.4. The van der Waals surface area contributed by atoms with E-state index < -0.39 is 21.5 Å². The van der Waals surface area contributed by atoms with Gasteiger partial charge in [0.1, 0.15) is 36.2 Å². The van der Waals surface area contributed by atoms with Crippen molar-refractivity contribution in [3.05, 3.63) is 87.9 Å². The standard InChI is InChI=1S/C39H43BrCl3N3O7.ClH/c1-38(2,39(41,42)43)53-37(48)46-28-19-33(25-5-11-29(12-6-25)51-15-16-52-30-13-7-26(40)8-14-30)35(34(46)22-44-21-28)36(47)45(27-9-10-27)23-24-17-31(49-3)20-32(18-24)50-4;/h5-8,11-14,17-18,20,27-28,34,44H,9-10,15-16,19,21-23H2,1-4H3;1H. The zero-order valence-corrected chi connectivity index (χ0v) is 35.1. The van der Waals surface area contributed by atoms with Crippen molar-refractivity contribution in [1.29, 1.82) is 0 Å². The van der Waals surface area contributed by atoms with Gasteiger partial charge in [-0.1, -0.05) is 62.9 Å². The second-order valence-electron chi connectivity index (χ2n) is 13.8. The van der Waals surface area contributed by atoms with Crippen molar-refractivity contribution < 1.29 is 33.3 Å². The fourth-order valence-electron chi connectivity index (χ4n) is 6.61. The maximum Gasteiger partial charge on any atom is 0.411 e. The van der Waals surface area contributed by atoms with Crippen LogP contribution in [0.15, 0.2) is 76.8 Å². The molecule has 10 nitrogen and oxygen atoms in total. The highest BCUT2D eigenvalue weighted by Crippen LogP contribution is 2.44. The summed E-state index contributed by atoms with van der Waals surface area (Å²) in [5.41, 5.74) is 1.70. The minimum absolute atomic E-state index is 0. The third kappa shape index (κ3) is 9.84. The minimum Gasteiger partial charge on any atom is -0.497 e. The number of carbonyl (C=O) groups is 2. The maximum absolute atomic E-state index is 15.1. The molecule has 2 heterocycles. The van der Waals surface area contributed by atoms with Gasteiger partial charge in [0, 0.05) is 41.8 Å². The fraction of sp³-hybridized carbons (Fsp3) is 0.436. The predicted octanol–water partition coefficient (Wildman–Crippen LogP) is 8.62. The summed E-state index contributed by atoms with van der Waals surface area (Å²) in [5, 5.41) is 3.44. The lowest BCUT2D eigenvalue weighted by molar-refractivity contribution is -0.129. The number of benzene rings is 3. The molecular weight excluding hydrogens is 844 g/mol. The average Bonchev–Trinajstić information content (AvgIpc) is 3.97. The smallest absolute Gasteiger partial charge is 0.411 e. The number of fused-ring (bicyclic) bond motifs is 2. The molecule has 0 spiro atoms. The summed E-state index contributed by atoms with van der Waals surface area (Å²) in [6.07, 6.45) is 1.51. The molecular formula is C39H44BrCl4N3O7. The minimum atomic E-state index is -1.87. The number of piperazine rings is 1. The summed E-state index contributed by atoms with van der Waals surface area (Å²) in [5.74, 6) is 2.54. The van der Waals surface area contributed by atoms with Crippen molar-refractivity contribution in [2.45, 2.75) is 67.2 Å². The first kappa shape index (κ1) is 42.1. The molecule has 1 N–H and O–H groups in total. The first-order valence-corrected chi connectivity index (χ1v) is 19.4. The van der Waals surface area contributed by atoms with E-state index in [1.807, 2.05) is 65.6 Å². The predicted molar refractivity (Wildman–Crippen MR) is 217 cm³/mol. The normalized spacial score (nSPS) is 18.3. The van der Waals surface area contributed by atoms with Gasteiger partial charge in [0.2, 0.25) is 3.79 Å². The Balaban J connectivity index is 0.00000561. The molecule has 3 aromatic carbocycles. The molecule has 2 bridgehead atoms. The lowest BCUT2D eigenvalue weighted by Gasteiger charge is -2.48. The van der Waals surface area contributed by atoms with E-state index in [-0.39, 0.29) is 30.4 Å². The number of hydrogen-bond acceptors (Lipinski definition) is 8. The molecule has 2 amide bonds. The van der Waals surface area contributed by atoms with Crippen LogP contribution in [-0.2, 0) is 16.1 Å². The topological polar surface area (TPSA) is 98.8 Å². The van der Waals surface area contributed by atoms with Crippen molar-refractivity contribution in [1.82, 2.24) is 15.1 Å². The molecule has 54 heavy (non-hydrogen) atoms. The Hall–Kier alpha value is -3.06. The quantitative estimate of drug-likeness (QED) is 0.135. The SMILES string of the molecule is COc1cc(CN(C(=O)C2=C(c3ccc(OCCOc4ccc(Br)cc4)cc3)CC3CNCC2N3C(=O)OC(C)(C)C(Cl)(Cl)Cl)C2CC2)cc(OC)c1.Cl. The van der Waals surface area contributed by atoms with Crippen LogP contribution in [0.4, 0.5) is 4.79 Å². The summed E-state index contributed by atoms with van der Waals surface area (Å²) in [4.78, 5) is 32.6. The third-order valence-corrected chi connectivity index (χ3v) is 11.6. The van der Waals surface area contributed by atoms with E-state index in [1.165, 1.54) is 0 Å². The van der Waals surface area contributed by atoms with Gasteiger partial charge in [-0.2, -0.15) is 0 Å². The third-order valence-electron chi connectivity index (χ3n) is 9.66. The van der Waals surface area contributed by atoms with Crippen LogP contribution in [0.1, 0.15) is 44.2 Å². The maximum atomic E-state index is 15.1. The Morgan fingerprint density at radius 1 is 0.870 bits per heavy atom. The van der Waals surface area contributed by atoms with Gasteiger partial charge in [0.05, 0.1) is 26.3 Å². The van der Waals surface area contributed by atoms with Crippen LogP contribution in [-0.4, -0.2) is 89.8 Å². The van der Waals surface area contributed by atoms with E-state index >= 15 is 4.79 Å². The number of ether oxygens (including phenoxy) is 5. The molecule has 6 rings (SSSR count). The molecule has 2 atom stereocenters. The highest BCUT2D eigenvalue weighted by Gasteiger charge is 2.50. The number of carbonyl (C=O) groups excluding carboxylic acids is 2. The number of alkyl halides is 3. The number of nitrogens with one attached hydrogen (secondary N) is 1. The highest BCUT2D eigenvalue weighted by atomic mass is 79.9. The molecule has 2 unspecified atom stereocenters. The Labute approximate surface area is 345 Å². The largest absolute Gasteiger partial charge is 0.497 e. The van der Waals surface area contributed by atoms with Gasteiger partial charge < -0.3 is 33.9 Å². The van der Waals surface area contributed by atoms with Crippen molar-refractivity contribution in [2.75, 3.05) is 40.5 Å². The molecule has 0 aromatic heterocycles. The lowest BCUT2D eigenvalue weighted by Crippen LogP contribution is -2.64. The summed E-state index contributed by atoms with van der Waals surface area (Å²) in [6.45, 7) is 5.01. The molecule has 2 fully saturated rings. The van der Waals surface area contributed by atoms with Crippen LogP contribution in [0.3, 0.4) is 0 Å². The van der Waals surface area contributed by atoms with E-state index in [4.69, 9.17) is 58.5 Å². The van der Waals surface area contributed by atoms with Gasteiger partial charge in [0.15, 0.2) is 5.60 Å².